The number of oxime groups is 2. The molecule has 0 fully saturated rings. The SMILES string of the molecule is CON=C(C(=O)OC)c1ccccc1CON=C(C)c1cc(C(F)(F)F)cc(C(F)(F)F)c1. The van der Waals surface area contributed by atoms with E-state index in [-0.39, 0.29) is 29.7 Å². The molecule has 0 saturated carbocycles. The summed E-state index contributed by atoms with van der Waals surface area (Å²) in [7, 11) is 2.37. The van der Waals surface area contributed by atoms with Crippen LogP contribution in [0, 0.1) is 0 Å². The highest BCUT2D eigenvalue weighted by Crippen LogP contribution is 2.36. The number of rotatable bonds is 7. The highest BCUT2D eigenvalue weighted by atomic mass is 19.4. The van der Waals surface area contributed by atoms with Gasteiger partial charge in [-0.3, -0.25) is 0 Å². The van der Waals surface area contributed by atoms with Crippen LogP contribution in [0.15, 0.2) is 52.8 Å². The fourth-order valence-corrected chi connectivity index (χ4v) is 2.68. The second kappa shape index (κ2) is 10.4. The van der Waals surface area contributed by atoms with Crippen molar-refractivity contribution in [2.45, 2.75) is 25.9 Å². The summed E-state index contributed by atoms with van der Waals surface area (Å²) in [6.07, 6.45) is -9.97. The van der Waals surface area contributed by atoms with Gasteiger partial charge in [0.2, 0.25) is 0 Å². The maximum absolute atomic E-state index is 13.1. The number of methoxy groups -OCH3 is 1. The van der Waals surface area contributed by atoms with Crippen LogP contribution in [-0.4, -0.2) is 31.6 Å². The number of carbonyl (C=O) groups excluding carboxylic acids is 1. The van der Waals surface area contributed by atoms with Crippen LogP contribution in [0.3, 0.4) is 0 Å². The van der Waals surface area contributed by atoms with Gasteiger partial charge in [-0.05, 0) is 25.1 Å². The Labute approximate surface area is 184 Å². The van der Waals surface area contributed by atoms with Crippen LogP contribution in [0.5, 0.6) is 0 Å². The zero-order valence-electron chi connectivity index (χ0n) is 17.5. The smallest absolute Gasteiger partial charge is 0.416 e. The van der Waals surface area contributed by atoms with Gasteiger partial charge in [0.1, 0.15) is 13.7 Å². The fraction of sp³-hybridized carbons (Fsp3) is 0.286. The largest absolute Gasteiger partial charge is 0.464 e. The maximum Gasteiger partial charge on any atom is 0.416 e. The summed E-state index contributed by atoms with van der Waals surface area (Å²) in [4.78, 5) is 21.8. The van der Waals surface area contributed by atoms with E-state index < -0.39 is 35.0 Å². The number of alkyl halides is 6. The molecule has 0 atom stereocenters. The lowest BCUT2D eigenvalue weighted by atomic mass is 10.0. The molecule has 0 saturated heterocycles. The van der Waals surface area contributed by atoms with Crippen molar-refractivity contribution >= 4 is 17.4 Å². The van der Waals surface area contributed by atoms with Gasteiger partial charge in [-0.1, -0.05) is 34.6 Å². The Bertz CT molecular complexity index is 1030. The van der Waals surface area contributed by atoms with Gasteiger partial charge in [0.05, 0.1) is 23.9 Å². The molecule has 2 rings (SSSR count). The van der Waals surface area contributed by atoms with E-state index in [0.29, 0.717) is 17.7 Å². The lowest BCUT2D eigenvalue weighted by Gasteiger charge is -2.14. The number of benzene rings is 2. The molecule has 0 aliphatic rings. The second-order valence-electron chi connectivity index (χ2n) is 6.52. The van der Waals surface area contributed by atoms with Crippen LogP contribution in [-0.2, 0) is 38.2 Å². The third kappa shape index (κ3) is 6.70. The van der Waals surface area contributed by atoms with Crippen molar-refractivity contribution in [2.24, 2.45) is 10.3 Å². The lowest BCUT2D eigenvalue weighted by molar-refractivity contribution is -0.143. The van der Waals surface area contributed by atoms with E-state index >= 15 is 0 Å². The zero-order chi connectivity index (χ0) is 24.8. The monoisotopic (exact) mass is 476 g/mol. The molecule has 0 radical (unpaired) electrons. The predicted molar refractivity (Wildman–Crippen MR) is 105 cm³/mol. The lowest BCUT2D eigenvalue weighted by Crippen LogP contribution is -2.19. The quantitative estimate of drug-likeness (QED) is 0.239. The Kier molecular flexibility index (Phi) is 8.07. The fourth-order valence-electron chi connectivity index (χ4n) is 2.68. The van der Waals surface area contributed by atoms with Crippen LogP contribution in [0.2, 0.25) is 0 Å². The van der Waals surface area contributed by atoms with Crippen molar-refractivity contribution in [1.82, 2.24) is 0 Å². The Hall–Kier alpha value is -3.57. The van der Waals surface area contributed by atoms with E-state index in [9.17, 15) is 31.1 Å². The molecule has 0 N–H and O–H groups in total. The predicted octanol–water partition coefficient (Wildman–Crippen LogP) is 5.19. The number of hydrogen-bond acceptors (Lipinski definition) is 6. The highest BCUT2D eigenvalue weighted by molar-refractivity contribution is 6.43. The van der Waals surface area contributed by atoms with Crippen molar-refractivity contribution in [3.8, 4) is 0 Å². The number of nitrogens with zero attached hydrogens (tertiary/aromatic N) is 2. The standard InChI is InChI=1S/C21H18F6N2O4/c1-12(14-8-15(20(22,23)24)10-16(9-14)21(25,26)27)28-33-11-13-6-4-5-7-17(13)18(29-32-3)19(30)31-2/h4-10H,11H2,1-3H3. The average molecular weight is 476 g/mol. The molecule has 12 heteroatoms. The molecule has 33 heavy (non-hydrogen) atoms. The first kappa shape index (κ1) is 25.7. The van der Waals surface area contributed by atoms with E-state index in [1.54, 1.807) is 18.2 Å². The van der Waals surface area contributed by atoms with E-state index in [1.165, 1.54) is 20.1 Å². The number of halogens is 6. The van der Waals surface area contributed by atoms with Gasteiger partial charge in [-0.25, -0.2) is 4.79 Å². The molecule has 0 spiro atoms. The van der Waals surface area contributed by atoms with Crippen molar-refractivity contribution in [3.05, 3.63) is 70.3 Å². The third-order valence-electron chi connectivity index (χ3n) is 4.26. The Morgan fingerprint density at radius 1 is 0.909 bits per heavy atom. The number of carbonyl (C=O) groups is 1. The van der Waals surface area contributed by atoms with Gasteiger partial charge in [-0.2, -0.15) is 26.3 Å². The van der Waals surface area contributed by atoms with Gasteiger partial charge in [0.15, 0.2) is 5.71 Å². The topological polar surface area (TPSA) is 69.5 Å². The molecule has 0 heterocycles. The number of esters is 1. The minimum atomic E-state index is -4.99. The van der Waals surface area contributed by atoms with Crippen LogP contribution in [0.25, 0.3) is 0 Å². The number of hydrogen-bond donors (Lipinski definition) is 0. The summed E-state index contributed by atoms with van der Waals surface area (Å²) in [5.41, 5.74) is -3.08. The third-order valence-corrected chi connectivity index (χ3v) is 4.26. The minimum Gasteiger partial charge on any atom is -0.464 e. The molecular weight excluding hydrogens is 458 g/mol. The molecule has 0 aliphatic carbocycles. The van der Waals surface area contributed by atoms with Gasteiger partial charge in [-0.15, -0.1) is 0 Å². The average Bonchev–Trinajstić information content (AvgIpc) is 2.76. The molecular formula is C21H18F6N2O4. The normalized spacial score (nSPS) is 13.0. The summed E-state index contributed by atoms with van der Waals surface area (Å²) >= 11 is 0. The van der Waals surface area contributed by atoms with Gasteiger partial charge in [0, 0.05) is 16.7 Å². The van der Waals surface area contributed by atoms with E-state index in [0.717, 1.165) is 7.11 Å². The molecule has 0 aliphatic heterocycles. The Balaban J connectivity index is 2.34. The van der Waals surface area contributed by atoms with E-state index in [2.05, 4.69) is 19.9 Å². The summed E-state index contributed by atoms with van der Waals surface area (Å²) < 4.78 is 83.0. The summed E-state index contributed by atoms with van der Waals surface area (Å²) in [6, 6.07) is 7.41. The van der Waals surface area contributed by atoms with E-state index in [1.807, 2.05) is 0 Å². The second-order valence-corrected chi connectivity index (χ2v) is 6.52. The Morgan fingerprint density at radius 3 is 2.00 bits per heavy atom. The van der Waals surface area contributed by atoms with Crippen molar-refractivity contribution in [2.75, 3.05) is 14.2 Å². The van der Waals surface area contributed by atoms with Gasteiger partial charge < -0.3 is 14.4 Å². The summed E-state index contributed by atoms with van der Waals surface area (Å²) in [6.45, 7) is 0.923. The van der Waals surface area contributed by atoms with Crippen LogP contribution in [0.4, 0.5) is 26.3 Å². The van der Waals surface area contributed by atoms with Crippen LogP contribution < -0.4 is 0 Å². The molecule has 0 amide bonds. The highest BCUT2D eigenvalue weighted by Gasteiger charge is 2.37. The molecule has 2 aromatic carbocycles. The van der Waals surface area contributed by atoms with Crippen LogP contribution in [0.1, 0.15) is 34.7 Å². The van der Waals surface area contributed by atoms with Crippen molar-refractivity contribution < 1.29 is 45.5 Å². The first-order valence-electron chi connectivity index (χ1n) is 9.12. The van der Waals surface area contributed by atoms with Gasteiger partial charge in [0.25, 0.3) is 0 Å². The Morgan fingerprint density at radius 2 is 1.48 bits per heavy atom. The minimum absolute atomic E-state index is 0.0252. The van der Waals surface area contributed by atoms with Crippen molar-refractivity contribution in [1.29, 1.82) is 0 Å². The summed E-state index contributed by atoms with van der Waals surface area (Å²) in [5.74, 6) is -0.798. The van der Waals surface area contributed by atoms with Crippen LogP contribution >= 0.6 is 0 Å². The zero-order valence-corrected chi connectivity index (χ0v) is 17.5. The molecule has 178 valence electrons. The van der Waals surface area contributed by atoms with Crippen molar-refractivity contribution in [3.63, 3.8) is 0 Å². The van der Waals surface area contributed by atoms with Gasteiger partial charge >= 0.3 is 18.3 Å². The number of ether oxygens (including phenoxy) is 1. The first-order valence-corrected chi connectivity index (χ1v) is 9.12. The molecule has 0 aromatic heterocycles. The molecule has 0 unspecified atom stereocenters. The first-order chi connectivity index (χ1) is 15.4. The molecule has 6 nitrogen and oxygen atoms in total. The maximum atomic E-state index is 13.1. The molecule has 0 bridgehead atoms. The summed E-state index contributed by atoms with van der Waals surface area (Å²) in [5, 5.41) is 7.26. The molecule has 2 aromatic rings. The van der Waals surface area contributed by atoms with E-state index in [4.69, 9.17) is 4.84 Å².